The Bertz CT molecular complexity index is 746. The fraction of sp³-hybridized carbons (Fsp3) is 0.742. The smallest absolute Gasteiger partial charge is 0.338 e. The van der Waals surface area contributed by atoms with Gasteiger partial charge in [0.2, 0.25) is 0 Å². The minimum atomic E-state index is -0.361. The van der Waals surface area contributed by atoms with E-state index in [1.165, 1.54) is 19.3 Å². The second-order valence-corrected chi connectivity index (χ2v) is 9.44. The Morgan fingerprint density at radius 2 is 1.02 bits per heavy atom. The highest BCUT2D eigenvalue weighted by atomic mass is 16.6. The molecule has 0 bridgehead atoms. The molecular weight excluding hydrogens is 530 g/mol. The summed E-state index contributed by atoms with van der Waals surface area (Å²) in [5.41, 5.74) is 1.51. The molecule has 0 saturated heterocycles. The predicted octanol–water partition coefficient (Wildman–Crippen LogP) is 5.04. The van der Waals surface area contributed by atoms with Crippen molar-refractivity contribution in [2.24, 2.45) is 0 Å². The maximum Gasteiger partial charge on any atom is 0.338 e. The van der Waals surface area contributed by atoms with Gasteiger partial charge in [0.1, 0.15) is 13.2 Å². The summed E-state index contributed by atoms with van der Waals surface area (Å²) in [6.45, 7) is 10.0. The zero-order valence-electron chi connectivity index (χ0n) is 25.3. The van der Waals surface area contributed by atoms with Crippen LogP contribution in [0.5, 0.6) is 0 Å². The number of benzene rings is 1. The number of carbonyl (C=O) groups is 2. The van der Waals surface area contributed by atoms with Crippen molar-refractivity contribution in [3.8, 4) is 0 Å². The number of esters is 2. The average molecular weight is 584 g/mol. The van der Waals surface area contributed by atoms with Crippen molar-refractivity contribution in [3.63, 3.8) is 0 Å². The Balaban J connectivity index is 1.79. The molecule has 41 heavy (non-hydrogen) atoms. The summed E-state index contributed by atoms with van der Waals surface area (Å²) >= 11 is 0. The predicted molar refractivity (Wildman–Crippen MR) is 159 cm³/mol. The molecule has 0 unspecified atom stereocenters. The van der Waals surface area contributed by atoms with Crippen LogP contribution in [0.2, 0.25) is 0 Å². The molecule has 0 aromatic heterocycles. The zero-order chi connectivity index (χ0) is 29.6. The summed E-state index contributed by atoms with van der Waals surface area (Å²) in [7, 11) is 0. The fourth-order valence-corrected chi connectivity index (χ4v) is 3.55. The van der Waals surface area contributed by atoms with Crippen LogP contribution in [0.3, 0.4) is 0 Å². The lowest BCUT2D eigenvalue weighted by Crippen LogP contribution is -2.15. The number of anilines is 1. The largest absolute Gasteiger partial charge is 0.463 e. The van der Waals surface area contributed by atoms with Gasteiger partial charge in [0.15, 0.2) is 0 Å². The number of hydrogen-bond acceptors (Lipinski definition) is 10. The molecule has 236 valence electrons. The summed E-state index contributed by atoms with van der Waals surface area (Å²) in [6, 6.07) is 7.28. The molecule has 1 aromatic carbocycles. The van der Waals surface area contributed by atoms with E-state index < -0.39 is 0 Å². The number of carbonyl (C=O) groups excluding carboxylic acids is 2. The molecule has 0 radical (unpaired) electrons. The molecule has 1 N–H and O–H groups in total. The Kier molecular flexibility index (Phi) is 25.0. The summed E-state index contributed by atoms with van der Waals surface area (Å²) in [4.78, 5) is 23.7. The van der Waals surface area contributed by atoms with Gasteiger partial charge in [-0.3, -0.25) is 4.79 Å². The summed E-state index contributed by atoms with van der Waals surface area (Å²) in [5, 5.41) is 3.31. The quantitative estimate of drug-likeness (QED) is 0.102. The van der Waals surface area contributed by atoms with Gasteiger partial charge in [-0.1, -0.05) is 46.0 Å². The van der Waals surface area contributed by atoms with Gasteiger partial charge in [-0.2, -0.15) is 0 Å². The van der Waals surface area contributed by atoms with Gasteiger partial charge in [0.05, 0.1) is 71.6 Å². The maximum absolute atomic E-state index is 12.1. The van der Waals surface area contributed by atoms with E-state index in [2.05, 4.69) is 19.2 Å². The van der Waals surface area contributed by atoms with Crippen LogP contribution < -0.4 is 5.32 Å². The highest BCUT2D eigenvalue weighted by molar-refractivity contribution is 5.89. The van der Waals surface area contributed by atoms with Crippen molar-refractivity contribution < 1.29 is 42.7 Å². The lowest BCUT2D eigenvalue weighted by atomic mass is 10.1. The monoisotopic (exact) mass is 583 g/mol. The van der Waals surface area contributed by atoms with E-state index in [1.54, 1.807) is 12.1 Å². The number of unbranched alkanes of at least 4 members (excludes halogenated alkanes) is 5. The van der Waals surface area contributed by atoms with E-state index in [9.17, 15) is 9.59 Å². The molecule has 0 aliphatic rings. The summed E-state index contributed by atoms with van der Waals surface area (Å²) in [5.74, 6) is -0.513. The van der Waals surface area contributed by atoms with Crippen LogP contribution in [-0.4, -0.2) is 97.8 Å². The molecule has 0 spiro atoms. The van der Waals surface area contributed by atoms with Gasteiger partial charge in [-0.15, -0.1) is 0 Å². The Hall–Kier alpha value is -2.24. The molecule has 10 heteroatoms. The fourth-order valence-electron chi connectivity index (χ4n) is 3.55. The van der Waals surface area contributed by atoms with E-state index in [1.807, 2.05) is 12.1 Å². The molecule has 0 heterocycles. The van der Waals surface area contributed by atoms with Crippen LogP contribution >= 0.6 is 0 Å². The van der Waals surface area contributed by atoms with Crippen LogP contribution in [0.25, 0.3) is 0 Å². The topological polar surface area (TPSA) is 111 Å². The first-order valence-electron chi connectivity index (χ1n) is 15.2. The molecule has 0 atom stereocenters. The average Bonchev–Trinajstić information content (AvgIpc) is 2.98. The van der Waals surface area contributed by atoms with Crippen molar-refractivity contribution in [1.82, 2.24) is 0 Å². The van der Waals surface area contributed by atoms with Crippen LogP contribution in [0, 0.1) is 0 Å². The first-order valence-corrected chi connectivity index (χ1v) is 15.2. The standard InChI is InChI=1S/C31H53NO9/c1-3-5-7-8-9-10-30(33)40-26-24-38-22-20-36-18-16-35-17-19-37-21-23-39-25-27-41-31(34)28-11-13-29(14-12-28)32-15-6-4-2/h11-14,32H,3-10,15-27H2,1-2H3. The third kappa shape index (κ3) is 23.1. The molecule has 1 aromatic rings. The van der Waals surface area contributed by atoms with E-state index in [0.29, 0.717) is 78.1 Å². The number of ether oxygens (including phenoxy) is 7. The number of hydrogen-bond donors (Lipinski definition) is 1. The number of rotatable bonds is 29. The lowest BCUT2D eigenvalue weighted by Gasteiger charge is -2.09. The van der Waals surface area contributed by atoms with Crippen molar-refractivity contribution in [2.45, 2.75) is 65.2 Å². The highest BCUT2D eigenvalue weighted by Crippen LogP contribution is 2.11. The maximum atomic E-state index is 12.1. The minimum absolute atomic E-state index is 0.152. The molecule has 0 saturated carbocycles. The van der Waals surface area contributed by atoms with Crippen LogP contribution in [0.4, 0.5) is 5.69 Å². The Morgan fingerprint density at radius 1 is 0.561 bits per heavy atom. The van der Waals surface area contributed by atoms with Crippen molar-refractivity contribution in [1.29, 1.82) is 0 Å². The van der Waals surface area contributed by atoms with Gasteiger partial charge in [-0.25, -0.2) is 4.79 Å². The molecule has 1 rings (SSSR count). The van der Waals surface area contributed by atoms with Crippen LogP contribution in [-0.2, 0) is 38.0 Å². The van der Waals surface area contributed by atoms with Gasteiger partial charge >= 0.3 is 11.9 Å². The third-order valence-corrected chi connectivity index (χ3v) is 5.90. The molecule has 0 fully saturated rings. The first-order chi connectivity index (χ1) is 20.2. The van der Waals surface area contributed by atoms with Gasteiger partial charge in [-0.05, 0) is 37.1 Å². The molecule has 0 aliphatic carbocycles. The van der Waals surface area contributed by atoms with E-state index in [4.69, 9.17) is 33.2 Å². The van der Waals surface area contributed by atoms with Crippen molar-refractivity contribution in [3.05, 3.63) is 29.8 Å². The van der Waals surface area contributed by atoms with E-state index in [-0.39, 0.29) is 25.2 Å². The van der Waals surface area contributed by atoms with Crippen LogP contribution in [0.1, 0.15) is 75.6 Å². The van der Waals surface area contributed by atoms with E-state index >= 15 is 0 Å². The van der Waals surface area contributed by atoms with Crippen molar-refractivity contribution in [2.75, 3.05) is 91.1 Å². The molecule has 0 aliphatic heterocycles. The number of nitrogens with one attached hydrogen (secondary N) is 1. The zero-order valence-corrected chi connectivity index (χ0v) is 25.3. The van der Waals surface area contributed by atoms with Gasteiger partial charge in [0, 0.05) is 18.7 Å². The minimum Gasteiger partial charge on any atom is -0.463 e. The van der Waals surface area contributed by atoms with Gasteiger partial charge in [0.25, 0.3) is 0 Å². The third-order valence-electron chi connectivity index (χ3n) is 5.90. The highest BCUT2D eigenvalue weighted by Gasteiger charge is 2.07. The second kappa shape index (κ2) is 27.9. The lowest BCUT2D eigenvalue weighted by molar-refractivity contribution is -0.145. The van der Waals surface area contributed by atoms with E-state index in [0.717, 1.165) is 37.9 Å². The summed E-state index contributed by atoms with van der Waals surface area (Å²) in [6.07, 6.45) is 8.30. The molecule has 10 nitrogen and oxygen atoms in total. The SMILES string of the molecule is CCCCCCCC(=O)OCCOCCOCCOCCOCCOCCOC(=O)c1ccc(NCCCC)cc1. The van der Waals surface area contributed by atoms with Crippen molar-refractivity contribution >= 4 is 17.6 Å². The normalized spacial score (nSPS) is 11.0. The first kappa shape index (κ1) is 36.8. The van der Waals surface area contributed by atoms with Crippen LogP contribution in [0.15, 0.2) is 24.3 Å². The Labute approximate surface area is 246 Å². The summed E-state index contributed by atoms with van der Waals surface area (Å²) < 4.78 is 37.6. The Morgan fingerprint density at radius 3 is 1.54 bits per heavy atom. The second-order valence-electron chi connectivity index (χ2n) is 9.44. The molecular formula is C31H53NO9. The van der Waals surface area contributed by atoms with Gasteiger partial charge < -0.3 is 38.5 Å². The molecule has 0 amide bonds.